The molecule has 24 heavy (non-hydrogen) atoms. The second kappa shape index (κ2) is 5.58. The number of hydrogen-bond acceptors (Lipinski definition) is 4. The van der Waals surface area contributed by atoms with Crippen LogP contribution >= 0.6 is 11.3 Å². The van der Waals surface area contributed by atoms with Crippen LogP contribution in [-0.4, -0.2) is 15.5 Å². The van der Waals surface area contributed by atoms with Crippen molar-refractivity contribution in [3.63, 3.8) is 0 Å². The molecule has 0 bridgehead atoms. The first-order chi connectivity index (χ1) is 11.6. The van der Waals surface area contributed by atoms with Gasteiger partial charge in [-0.2, -0.15) is 0 Å². The predicted molar refractivity (Wildman–Crippen MR) is 96.8 cm³/mol. The van der Waals surface area contributed by atoms with Gasteiger partial charge in [-0.25, -0.2) is 4.98 Å². The second-order valence-electron chi connectivity index (χ2n) is 5.45. The fourth-order valence-corrected chi connectivity index (χ4v) is 3.55. The Bertz CT molecular complexity index is 1110. The summed E-state index contributed by atoms with van der Waals surface area (Å²) in [5.41, 5.74) is 1.18. The molecule has 2 aromatic carbocycles. The molecule has 0 aliphatic rings. The van der Waals surface area contributed by atoms with Gasteiger partial charge in [0.15, 0.2) is 5.13 Å². The lowest BCUT2D eigenvalue weighted by molar-refractivity contribution is 0.102. The van der Waals surface area contributed by atoms with E-state index in [4.69, 9.17) is 0 Å². The van der Waals surface area contributed by atoms with Gasteiger partial charge in [0.25, 0.3) is 11.5 Å². The summed E-state index contributed by atoms with van der Waals surface area (Å²) in [5, 5.41) is 4.54. The average molecular weight is 335 g/mol. The van der Waals surface area contributed by atoms with Crippen LogP contribution in [-0.2, 0) is 7.05 Å². The minimum absolute atomic E-state index is 0.123. The molecule has 1 amide bonds. The summed E-state index contributed by atoms with van der Waals surface area (Å²) in [7, 11) is 1.64. The number of nitrogens with zero attached hydrogens (tertiary/aromatic N) is 2. The number of aromatic nitrogens is 2. The van der Waals surface area contributed by atoms with Crippen molar-refractivity contribution in [2.45, 2.75) is 0 Å². The molecule has 0 fully saturated rings. The summed E-state index contributed by atoms with van der Waals surface area (Å²) in [6.07, 6.45) is 1.56. The number of benzene rings is 2. The fraction of sp³-hybridized carbons (Fsp3) is 0.0556. The minimum atomic E-state index is -0.277. The zero-order valence-corrected chi connectivity index (χ0v) is 13.6. The molecule has 1 N–H and O–H groups in total. The van der Waals surface area contributed by atoms with Crippen molar-refractivity contribution in [2.24, 2.45) is 7.05 Å². The Morgan fingerprint density at radius 3 is 2.58 bits per heavy atom. The number of anilines is 1. The Kier molecular flexibility index (Phi) is 3.39. The van der Waals surface area contributed by atoms with E-state index in [0.717, 1.165) is 10.2 Å². The molecule has 2 aromatic heterocycles. The van der Waals surface area contributed by atoms with Crippen LogP contribution in [0.4, 0.5) is 5.13 Å². The molecule has 0 atom stereocenters. The molecular weight excluding hydrogens is 322 g/mol. The zero-order valence-electron chi connectivity index (χ0n) is 12.8. The number of hydrogen-bond donors (Lipinski definition) is 1. The third-order valence-corrected chi connectivity index (χ3v) is 4.80. The van der Waals surface area contributed by atoms with Gasteiger partial charge in [0.05, 0.1) is 15.8 Å². The molecule has 0 unspecified atom stereocenters. The SMILES string of the molecule is Cn1cc(C(=O)Nc2nc3ccccc3s2)c2ccccc2c1=O. The molecule has 2 heterocycles. The van der Waals surface area contributed by atoms with E-state index in [1.807, 2.05) is 30.3 Å². The zero-order chi connectivity index (χ0) is 16.7. The highest BCUT2D eigenvalue weighted by Crippen LogP contribution is 2.26. The molecular formula is C18H13N3O2S. The molecule has 0 aliphatic carbocycles. The summed E-state index contributed by atoms with van der Waals surface area (Å²) >= 11 is 1.42. The molecule has 0 radical (unpaired) electrons. The number of nitrogens with one attached hydrogen (secondary N) is 1. The smallest absolute Gasteiger partial charge is 0.259 e. The Labute approximate surface area is 141 Å². The first-order valence-corrected chi connectivity index (χ1v) is 8.20. The molecule has 118 valence electrons. The lowest BCUT2D eigenvalue weighted by Gasteiger charge is -2.08. The van der Waals surface area contributed by atoms with Crippen LogP contribution in [0.1, 0.15) is 10.4 Å². The van der Waals surface area contributed by atoms with Crippen LogP contribution in [0, 0.1) is 0 Å². The molecule has 6 heteroatoms. The molecule has 4 rings (SSSR count). The van der Waals surface area contributed by atoms with Crippen LogP contribution in [0.2, 0.25) is 0 Å². The van der Waals surface area contributed by atoms with E-state index in [0.29, 0.717) is 21.5 Å². The minimum Gasteiger partial charge on any atom is -0.317 e. The van der Waals surface area contributed by atoms with E-state index in [1.165, 1.54) is 15.9 Å². The van der Waals surface area contributed by atoms with Crippen molar-refractivity contribution in [2.75, 3.05) is 5.32 Å². The summed E-state index contributed by atoms with van der Waals surface area (Å²) < 4.78 is 2.44. The van der Waals surface area contributed by atoms with Gasteiger partial charge in [-0.15, -0.1) is 0 Å². The first-order valence-electron chi connectivity index (χ1n) is 7.39. The van der Waals surface area contributed by atoms with Crippen molar-refractivity contribution < 1.29 is 4.79 Å². The Hall–Kier alpha value is -2.99. The maximum Gasteiger partial charge on any atom is 0.259 e. The predicted octanol–water partition coefficient (Wildman–Crippen LogP) is 3.40. The summed E-state index contributed by atoms with van der Waals surface area (Å²) in [6, 6.07) is 14.8. The van der Waals surface area contributed by atoms with Crippen molar-refractivity contribution in [3.8, 4) is 0 Å². The molecule has 4 aromatic rings. The number of fused-ring (bicyclic) bond motifs is 2. The molecule has 0 saturated heterocycles. The van der Waals surface area contributed by atoms with Gasteiger partial charge >= 0.3 is 0 Å². The van der Waals surface area contributed by atoms with Crippen LogP contribution in [0.3, 0.4) is 0 Å². The van der Waals surface area contributed by atoms with Crippen molar-refractivity contribution in [3.05, 3.63) is 70.6 Å². The largest absolute Gasteiger partial charge is 0.317 e. The number of para-hydroxylation sites is 1. The van der Waals surface area contributed by atoms with Crippen molar-refractivity contribution in [1.29, 1.82) is 0 Å². The molecule has 0 saturated carbocycles. The fourth-order valence-electron chi connectivity index (χ4n) is 2.69. The summed E-state index contributed by atoms with van der Waals surface area (Å²) in [4.78, 5) is 29.3. The van der Waals surface area contributed by atoms with Crippen molar-refractivity contribution in [1.82, 2.24) is 9.55 Å². The lowest BCUT2D eigenvalue weighted by atomic mass is 10.1. The van der Waals surface area contributed by atoms with Crippen LogP contribution in [0.15, 0.2) is 59.5 Å². The van der Waals surface area contributed by atoms with Gasteiger partial charge in [-0.1, -0.05) is 41.7 Å². The van der Waals surface area contributed by atoms with Crippen LogP contribution in [0.25, 0.3) is 21.0 Å². The van der Waals surface area contributed by atoms with E-state index in [-0.39, 0.29) is 11.5 Å². The summed E-state index contributed by atoms with van der Waals surface area (Å²) in [6.45, 7) is 0. The summed E-state index contributed by atoms with van der Waals surface area (Å²) in [5.74, 6) is -0.277. The number of rotatable bonds is 2. The van der Waals surface area contributed by atoms with E-state index in [9.17, 15) is 9.59 Å². The normalized spacial score (nSPS) is 11.0. The molecule has 0 spiro atoms. The number of aryl methyl sites for hydroxylation is 1. The highest BCUT2D eigenvalue weighted by atomic mass is 32.1. The van der Waals surface area contributed by atoms with Crippen LogP contribution in [0.5, 0.6) is 0 Å². The van der Waals surface area contributed by atoms with Gasteiger partial charge < -0.3 is 4.57 Å². The standard InChI is InChI=1S/C18H13N3O2S/c1-21-10-13(11-6-2-3-7-12(11)17(21)23)16(22)20-18-19-14-8-4-5-9-15(14)24-18/h2-10H,1H3,(H,19,20,22). The molecule has 0 aliphatic heterocycles. The average Bonchev–Trinajstić information content (AvgIpc) is 3.00. The second-order valence-corrected chi connectivity index (χ2v) is 6.48. The molecule has 5 nitrogen and oxygen atoms in total. The quantitative estimate of drug-likeness (QED) is 0.611. The van der Waals surface area contributed by atoms with Crippen molar-refractivity contribution >= 4 is 43.4 Å². The maximum atomic E-state index is 12.7. The number of carbonyl (C=O) groups excluding carboxylic acids is 1. The topological polar surface area (TPSA) is 64.0 Å². The highest BCUT2D eigenvalue weighted by molar-refractivity contribution is 7.22. The number of thiazole rings is 1. The lowest BCUT2D eigenvalue weighted by Crippen LogP contribution is -2.21. The van der Waals surface area contributed by atoms with Crippen LogP contribution < -0.4 is 10.9 Å². The van der Waals surface area contributed by atoms with E-state index < -0.39 is 0 Å². The van der Waals surface area contributed by atoms with Gasteiger partial charge in [-0.3, -0.25) is 14.9 Å². The monoisotopic (exact) mass is 335 g/mol. The first kappa shape index (κ1) is 14.6. The van der Waals surface area contributed by atoms with Gasteiger partial charge in [0.1, 0.15) is 0 Å². The Morgan fingerprint density at radius 1 is 1.08 bits per heavy atom. The van der Waals surface area contributed by atoms with E-state index in [2.05, 4.69) is 10.3 Å². The number of amides is 1. The van der Waals surface area contributed by atoms with E-state index in [1.54, 1.807) is 31.4 Å². The highest BCUT2D eigenvalue weighted by Gasteiger charge is 2.15. The third kappa shape index (κ3) is 2.37. The van der Waals surface area contributed by atoms with E-state index >= 15 is 0 Å². The Morgan fingerprint density at radius 2 is 1.79 bits per heavy atom. The maximum absolute atomic E-state index is 12.7. The number of carbonyl (C=O) groups is 1. The van der Waals surface area contributed by atoms with Gasteiger partial charge in [0.2, 0.25) is 0 Å². The number of pyridine rings is 1. The van der Waals surface area contributed by atoms with Gasteiger partial charge in [-0.05, 0) is 18.2 Å². The third-order valence-electron chi connectivity index (χ3n) is 3.85. The van der Waals surface area contributed by atoms with Gasteiger partial charge in [0, 0.05) is 24.0 Å². The Balaban J connectivity index is 1.78.